The molecule has 4 aliphatic rings. The lowest BCUT2D eigenvalue weighted by atomic mass is 9.49. The summed E-state index contributed by atoms with van der Waals surface area (Å²) in [6, 6.07) is 0. The Hall–Kier alpha value is -1.09. The first-order chi connectivity index (χ1) is 11.2. The van der Waals surface area contributed by atoms with Gasteiger partial charge in [0.15, 0.2) is 0 Å². The minimum atomic E-state index is -4.48. The Morgan fingerprint density at radius 1 is 1.04 bits per heavy atom. The molecule has 0 aromatic carbocycles. The lowest BCUT2D eigenvalue weighted by molar-refractivity contribution is -0.176. The normalized spacial score (nSPS) is 35.5. The van der Waals surface area contributed by atoms with Gasteiger partial charge in [-0.3, -0.25) is 4.79 Å². The Kier molecular flexibility index (Phi) is 4.67. The van der Waals surface area contributed by atoms with E-state index in [1.165, 1.54) is 19.3 Å². The summed E-state index contributed by atoms with van der Waals surface area (Å²) in [6.45, 7) is -0.899. The molecule has 24 heavy (non-hydrogen) atoms. The highest BCUT2D eigenvalue weighted by molar-refractivity contribution is 7.81. The fourth-order valence-corrected chi connectivity index (χ4v) is 5.14. The zero-order valence-electron chi connectivity index (χ0n) is 13.0. The van der Waals surface area contributed by atoms with Gasteiger partial charge in [0, 0.05) is 0 Å². The third-order valence-corrected chi connectivity index (χ3v) is 6.08. The monoisotopic (exact) mass is 366 g/mol. The van der Waals surface area contributed by atoms with E-state index in [-0.39, 0.29) is 12.6 Å². The van der Waals surface area contributed by atoms with Gasteiger partial charge in [0.1, 0.15) is 13.2 Å². The molecule has 4 bridgehead atoms. The van der Waals surface area contributed by atoms with Gasteiger partial charge in [-0.2, -0.15) is 8.78 Å². The summed E-state index contributed by atoms with van der Waals surface area (Å²) in [6.07, 6.45) is 5.99. The van der Waals surface area contributed by atoms with Crippen LogP contribution in [0.1, 0.15) is 38.5 Å². The molecule has 0 saturated heterocycles. The first-order valence-electron chi connectivity index (χ1n) is 8.06. The fourth-order valence-electron chi connectivity index (χ4n) is 4.94. The number of hydrogen-bond acceptors (Lipinski definition) is 5. The predicted octanol–water partition coefficient (Wildman–Crippen LogP) is 2.10. The van der Waals surface area contributed by atoms with Crippen LogP contribution in [-0.2, 0) is 30.1 Å². The van der Waals surface area contributed by atoms with Crippen LogP contribution in [0, 0.1) is 23.2 Å². The van der Waals surface area contributed by atoms with Gasteiger partial charge in [0.2, 0.25) is 11.1 Å². The van der Waals surface area contributed by atoms with Crippen molar-refractivity contribution in [2.24, 2.45) is 23.2 Å². The minimum absolute atomic E-state index is 0.333. The van der Waals surface area contributed by atoms with Crippen LogP contribution < -0.4 is 0 Å². The zero-order valence-corrected chi connectivity index (χ0v) is 13.9. The molecule has 0 amide bonds. The van der Waals surface area contributed by atoms with E-state index in [2.05, 4.69) is 4.74 Å². The van der Waals surface area contributed by atoms with Crippen molar-refractivity contribution in [3.63, 3.8) is 0 Å². The molecule has 0 heterocycles. The van der Waals surface area contributed by atoms with Crippen molar-refractivity contribution < 1.29 is 36.6 Å². The minimum Gasteiger partial charge on any atom is -0.462 e. The maximum atomic E-state index is 12.9. The van der Waals surface area contributed by atoms with E-state index >= 15 is 0 Å². The number of ether oxygens (including phenoxy) is 2. The van der Waals surface area contributed by atoms with E-state index in [4.69, 9.17) is 9.29 Å². The van der Waals surface area contributed by atoms with Gasteiger partial charge >= 0.3 is 17.2 Å². The van der Waals surface area contributed by atoms with E-state index in [0.717, 1.165) is 19.3 Å². The summed E-state index contributed by atoms with van der Waals surface area (Å²) in [5, 5.41) is -4.48. The van der Waals surface area contributed by atoms with E-state index in [0.29, 0.717) is 17.8 Å². The number of hydrogen-bond donors (Lipinski definition) is 1. The Labute approximate surface area is 140 Å². The van der Waals surface area contributed by atoms with Crippen molar-refractivity contribution in [3.8, 4) is 0 Å². The summed E-state index contributed by atoms with van der Waals surface area (Å²) in [7, 11) is 0. The van der Waals surface area contributed by atoms with E-state index in [1.54, 1.807) is 0 Å². The molecule has 0 aromatic heterocycles. The lowest BCUT2D eigenvalue weighted by Crippen LogP contribution is -2.50. The number of esters is 2. The van der Waals surface area contributed by atoms with E-state index in [1.807, 2.05) is 0 Å². The van der Waals surface area contributed by atoms with Crippen LogP contribution >= 0.6 is 0 Å². The van der Waals surface area contributed by atoms with Gasteiger partial charge in [-0.15, -0.1) is 0 Å². The number of rotatable bonds is 6. The van der Waals surface area contributed by atoms with E-state index in [9.17, 15) is 22.6 Å². The smallest absolute Gasteiger partial charge is 0.439 e. The zero-order chi connectivity index (χ0) is 17.5. The third kappa shape index (κ3) is 3.20. The van der Waals surface area contributed by atoms with Crippen LogP contribution in [0.25, 0.3) is 0 Å². The summed E-state index contributed by atoms with van der Waals surface area (Å²) in [5.41, 5.74) is -0.463. The Morgan fingerprint density at radius 3 is 1.96 bits per heavy atom. The highest BCUT2D eigenvalue weighted by atomic mass is 32.2. The molecule has 0 aromatic rings. The molecule has 0 spiro atoms. The van der Waals surface area contributed by atoms with Crippen LogP contribution in [0.15, 0.2) is 0 Å². The van der Waals surface area contributed by atoms with Gasteiger partial charge in [0.05, 0.1) is 5.41 Å². The van der Waals surface area contributed by atoms with Gasteiger partial charge in [-0.25, -0.2) is 9.00 Å². The van der Waals surface area contributed by atoms with Gasteiger partial charge in [0.25, 0.3) is 0 Å². The number of carbonyl (C=O) groups is 2. The van der Waals surface area contributed by atoms with Crippen LogP contribution in [-0.4, -0.2) is 39.2 Å². The Morgan fingerprint density at radius 2 is 1.50 bits per heavy atom. The summed E-state index contributed by atoms with van der Waals surface area (Å²) < 4.78 is 53.8. The van der Waals surface area contributed by atoms with Crippen molar-refractivity contribution >= 4 is 23.0 Å². The predicted molar refractivity (Wildman–Crippen MR) is 78.2 cm³/mol. The molecule has 0 aliphatic heterocycles. The molecular weight excluding hydrogens is 346 g/mol. The molecule has 4 rings (SSSR count). The molecule has 9 heteroatoms. The molecule has 0 radical (unpaired) electrons. The molecule has 4 aliphatic carbocycles. The molecule has 6 nitrogen and oxygen atoms in total. The molecule has 1 N–H and O–H groups in total. The second kappa shape index (κ2) is 6.33. The Balaban J connectivity index is 1.47. The van der Waals surface area contributed by atoms with Crippen molar-refractivity contribution in [2.45, 2.75) is 43.8 Å². The van der Waals surface area contributed by atoms with Gasteiger partial charge in [-0.1, -0.05) is 0 Å². The van der Waals surface area contributed by atoms with Gasteiger partial charge < -0.3 is 14.0 Å². The topological polar surface area (TPSA) is 89.9 Å². The summed E-state index contributed by atoms with van der Waals surface area (Å²) in [4.78, 5) is 23.5. The quantitative estimate of drug-likeness (QED) is 0.440. The average molecular weight is 366 g/mol. The first kappa shape index (κ1) is 17.7. The highest BCUT2D eigenvalue weighted by Gasteiger charge is 2.55. The molecule has 1 atom stereocenters. The third-order valence-electron chi connectivity index (χ3n) is 5.48. The SMILES string of the molecule is O=C(OCCOC(=O)C(F)(F)S(=O)O)C12CC3CC(CC(C3)C1)C2. The van der Waals surface area contributed by atoms with Crippen LogP contribution in [0.2, 0.25) is 0 Å². The summed E-state index contributed by atoms with van der Waals surface area (Å²) >= 11 is -3.64. The highest BCUT2D eigenvalue weighted by Crippen LogP contribution is 2.60. The molecule has 136 valence electrons. The number of alkyl halides is 2. The van der Waals surface area contributed by atoms with Crippen molar-refractivity contribution in [3.05, 3.63) is 0 Å². The van der Waals surface area contributed by atoms with Crippen molar-refractivity contribution in [1.82, 2.24) is 0 Å². The summed E-state index contributed by atoms with van der Waals surface area (Å²) in [5.74, 6) is -0.733. The molecular formula is C15H20F2O6S. The fraction of sp³-hybridized carbons (Fsp3) is 0.867. The standard InChI is InChI=1S/C15H20F2O6S/c16-15(17,24(20)21)13(19)23-2-1-22-12(18)14-6-9-3-10(7-14)5-11(4-9)8-14/h9-11H,1-8H2,(H,20,21). The average Bonchev–Trinajstić information content (AvgIpc) is 2.49. The van der Waals surface area contributed by atoms with Crippen LogP contribution in [0.4, 0.5) is 8.78 Å². The van der Waals surface area contributed by atoms with Crippen LogP contribution in [0.3, 0.4) is 0 Å². The number of carbonyl (C=O) groups excluding carboxylic acids is 2. The van der Waals surface area contributed by atoms with Crippen molar-refractivity contribution in [2.75, 3.05) is 13.2 Å². The second-order valence-corrected chi connectivity index (χ2v) is 8.25. The first-order valence-corrected chi connectivity index (χ1v) is 9.17. The van der Waals surface area contributed by atoms with Crippen molar-refractivity contribution in [1.29, 1.82) is 0 Å². The largest absolute Gasteiger partial charge is 0.462 e. The second-order valence-electron chi connectivity index (χ2n) is 7.24. The molecule has 1 unspecified atom stereocenters. The van der Waals surface area contributed by atoms with E-state index < -0.39 is 34.3 Å². The van der Waals surface area contributed by atoms with Crippen LogP contribution in [0.5, 0.6) is 0 Å². The van der Waals surface area contributed by atoms with Gasteiger partial charge in [-0.05, 0) is 56.3 Å². The maximum absolute atomic E-state index is 12.9. The Bertz CT molecular complexity index is 529. The lowest BCUT2D eigenvalue weighted by Gasteiger charge is -2.55. The number of halogens is 2. The molecule has 4 saturated carbocycles. The maximum Gasteiger partial charge on any atom is 0.439 e. The molecule has 4 fully saturated rings.